The topological polar surface area (TPSA) is 59.6 Å². The highest BCUT2D eigenvalue weighted by Crippen LogP contribution is 2.29. The van der Waals surface area contributed by atoms with Crippen LogP contribution in [0.25, 0.3) is 0 Å². The fraction of sp³-hybridized carbons (Fsp3) is 0.462. The number of ether oxygens (including phenoxy) is 2. The molecule has 0 bridgehead atoms. The van der Waals surface area contributed by atoms with Crippen molar-refractivity contribution in [1.29, 1.82) is 0 Å². The van der Waals surface area contributed by atoms with Crippen molar-refractivity contribution in [1.82, 2.24) is 5.32 Å². The van der Waals surface area contributed by atoms with Crippen molar-refractivity contribution in [3.8, 4) is 11.5 Å². The van der Waals surface area contributed by atoms with Gasteiger partial charge in [-0.3, -0.25) is 0 Å². The molecule has 2 N–H and O–H groups in total. The second-order valence-electron chi connectivity index (χ2n) is 4.34. The molecule has 0 unspecified atom stereocenters. The van der Waals surface area contributed by atoms with Crippen molar-refractivity contribution in [2.24, 2.45) is 5.92 Å². The van der Waals surface area contributed by atoms with Gasteiger partial charge in [0.05, 0.1) is 19.9 Å². The zero-order chi connectivity index (χ0) is 13.0. The van der Waals surface area contributed by atoms with Crippen LogP contribution in [0.3, 0.4) is 0 Å². The van der Waals surface area contributed by atoms with Crippen LogP contribution in [-0.4, -0.2) is 26.8 Å². The van der Waals surface area contributed by atoms with Crippen molar-refractivity contribution < 1.29 is 14.3 Å². The maximum Gasteiger partial charge on any atom is 0.319 e. The molecule has 1 aromatic rings. The van der Waals surface area contributed by atoms with Gasteiger partial charge in [0.25, 0.3) is 0 Å². The Balaban J connectivity index is 1.95. The first-order chi connectivity index (χ1) is 8.72. The number of hydrogen-bond donors (Lipinski definition) is 2. The van der Waals surface area contributed by atoms with Crippen molar-refractivity contribution in [3.05, 3.63) is 18.2 Å². The Hall–Kier alpha value is -1.91. The highest BCUT2D eigenvalue weighted by atomic mass is 16.5. The second kappa shape index (κ2) is 5.62. The van der Waals surface area contributed by atoms with E-state index in [-0.39, 0.29) is 6.03 Å². The third kappa shape index (κ3) is 3.29. The maximum atomic E-state index is 11.7. The van der Waals surface area contributed by atoms with E-state index < -0.39 is 0 Å². The van der Waals surface area contributed by atoms with E-state index in [2.05, 4.69) is 10.6 Å². The van der Waals surface area contributed by atoms with Gasteiger partial charge in [0.2, 0.25) is 0 Å². The number of urea groups is 1. The minimum atomic E-state index is -0.203. The van der Waals surface area contributed by atoms with E-state index in [1.165, 1.54) is 12.8 Å². The number of benzene rings is 1. The molecule has 18 heavy (non-hydrogen) atoms. The maximum absolute atomic E-state index is 11.7. The summed E-state index contributed by atoms with van der Waals surface area (Å²) < 4.78 is 10.3. The van der Waals surface area contributed by atoms with Crippen LogP contribution >= 0.6 is 0 Å². The summed E-state index contributed by atoms with van der Waals surface area (Å²) in [6.45, 7) is 0.740. The number of carbonyl (C=O) groups excluding carboxylic acids is 1. The van der Waals surface area contributed by atoms with Gasteiger partial charge in [-0.05, 0) is 30.9 Å². The molecule has 0 spiro atoms. The van der Waals surface area contributed by atoms with Gasteiger partial charge < -0.3 is 20.1 Å². The Morgan fingerprint density at radius 3 is 2.72 bits per heavy atom. The zero-order valence-electron chi connectivity index (χ0n) is 10.7. The Morgan fingerprint density at radius 2 is 2.11 bits per heavy atom. The molecule has 0 heterocycles. The average Bonchev–Trinajstić information content (AvgIpc) is 3.21. The predicted molar refractivity (Wildman–Crippen MR) is 69.3 cm³/mol. The number of anilines is 1. The van der Waals surface area contributed by atoms with E-state index in [1.54, 1.807) is 32.4 Å². The lowest BCUT2D eigenvalue weighted by Crippen LogP contribution is -2.30. The Bertz CT molecular complexity index is 430. The van der Waals surface area contributed by atoms with Gasteiger partial charge in [0.15, 0.2) is 0 Å². The summed E-state index contributed by atoms with van der Waals surface area (Å²) in [7, 11) is 3.15. The van der Waals surface area contributed by atoms with E-state index in [1.807, 2.05) is 0 Å². The van der Waals surface area contributed by atoms with E-state index in [0.717, 1.165) is 6.54 Å². The van der Waals surface area contributed by atoms with Crippen LogP contribution in [0.5, 0.6) is 11.5 Å². The van der Waals surface area contributed by atoms with Crippen LogP contribution in [0.15, 0.2) is 18.2 Å². The molecular weight excluding hydrogens is 232 g/mol. The third-order valence-corrected chi connectivity index (χ3v) is 2.91. The van der Waals surface area contributed by atoms with Crippen molar-refractivity contribution in [2.75, 3.05) is 26.1 Å². The van der Waals surface area contributed by atoms with Crippen molar-refractivity contribution in [2.45, 2.75) is 12.8 Å². The van der Waals surface area contributed by atoms with Gasteiger partial charge in [0.1, 0.15) is 11.5 Å². The molecule has 5 heteroatoms. The first-order valence-corrected chi connectivity index (χ1v) is 6.00. The second-order valence-corrected chi connectivity index (χ2v) is 4.34. The molecule has 0 radical (unpaired) electrons. The number of methoxy groups -OCH3 is 2. The summed E-state index contributed by atoms with van der Waals surface area (Å²) in [6, 6.07) is 5.06. The molecule has 1 fully saturated rings. The van der Waals surface area contributed by atoms with E-state index >= 15 is 0 Å². The number of rotatable bonds is 5. The largest absolute Gasteiger partial charge is 0.497 e. The van der Waals surface area contributed by atoms with Crippen molar-refractivity contribution >= 4 is 11.7 Å². The number of nitrogens with one attached hydrogen (secondary N) is 2. The summed E-state index contributed by atoms with van der Waals surface area (Å²) in [6.07, 6.45) is 2.43. The third-order valence-electron chi connectivity index (χ3n) is 2.91. The number of carbonyl (C=O) groups is 1. The Labute approximate surface area is 106 Å². The standard InChI is InChI=1S/C13H18N2O3/c1-17-10-5-6-11(12(7-10)18-2)15-13(16)14-8-9-3-4-9/h5-7,9H,3-4,8H2,1-2H3,(H2,14,15,16). The fourth-order valence-electron chi connectivity index (χ4n) is 1.63. The highest BCUT2D eigenvalue weighted by molar-refractivity contribution is 5.91. The zero-order valence-corrected chi connectivity index (χ0v) is 10.7. The molecule has 0 aromatic heterocycles. The smallest absolute Gasteiger partial charge is 0.319 e. The lowest BCUT2D eigenvalue weighted by molar-refractivity contribution is 0.251. The van der Waals surface area contributed by atoms with Crippen LogP contribution in [0.4, 0.5) is 10.5 Å². The van der Waals surface area contributed by atoms with Crippen LogP contribution < -0.4 is 20.1 Å². The molecular formula is C13H18N2O3. The summed E-state index contributed by atoms with van der Waals surface area (Å²) in [5, 5.41) is 5.60. The molecule has 0 aliphatic heterocycles. The van der Waals surface area contributed by atoms with Gasteiger partial charge >= 0.3 is 6.03 Å². The molecule has 5 nitrogen and oxygen atoms in total. The normalized spacial score (nSPS) is 13.9. The van der Waals surface area contributed by atoms with Gasteiger partial charge in [-0.2, -0.15) is 0 Å². The van der Waals surface area contributed by atoms with E-state index in [0.29, 0.717) is 23.1 Å². The summed E-state index contributed by atoms with van der Waals surface area (Å²) in [4.78, 5) is 11.7. The van der Waals surface area contributed by atoms with Crippen LogP contribution in [-0.2, 0) is 0 Å². The molecule has 1 aliphatic rings. The average molecular weight is 250 g/mol. The highest BCUT2D eigenvalue weighted by Gasteiger charge is 2.21. The minimum Gasteiger partial charge on any atom is -0.497 e. The molecule has 2 rings (SSSR count). The first-order valence-electron chi connectivity index (χ1n) is 6.00. The Kier molecular flexibility index (Phi) is 3.92. The molecule has 2 amide bonds. The monoisotopic (exact) mass is 250 g/mol. The van der Waals surface area contributed by atoms with E-state index in [9.17, 15) is 4.79 Å². The molecule has 1 aromatic carbocycles. The SMILES string of the molecule is COc1ccc(NC(=O)NCC2CC2)c(OC)c1. The summed E-state index contributed by atoms with van der Waals surface area (Å²) in [5.41, 5.74) is 0.631. The number of amides is 2. The van der Waals surface area contributed by atoms with Gasteiger partial charge in [-0.25, -0.2) is 4.79 Å². The fourth-order valence-corrected chi connectivity index (χ4v) is 1.63. The van der Waals surface area contributed by atoms with Crippen molar-refractivity contribution in [3.63, 3.8) is 0 Å². The molecule has 1 saturated carbocycles. The van der Waals surface area contributed by atoms with Crippen LogP contribution in [0, 0.1) is 5.92 Å². The van der Waals surface area contributed by atoms with Crippen LogP contribution in [0.2, 0.25) is 0 Å². The molecule has 0 saturated heterocycles. The first kappa shape index (κ1) is 12.5. The summed E-state index contributed by atoms with van der Waals surface area (Å²) in [5.74, 6) is 1.93. The van der Waals surface area contributed by atoms with E-state index in [4.69, 9.17) is 9.47 Å². The quantitative estimate of drug-likeness (QED) is 0.842. The summed E-state index contributed by atoms with van der Waals surface area (Å²) >= 11 is 0. The predicted octanol–water partition coefficient (Wildman–Crippen LogP) is 2.24. The minimum absolute atomic E-state index is 0.203. The lowest BCUT2D eigenvalue weighted by Gasteiger charge is -2.12. The van der Waals surface area contributed by atoms with Crippen LogP contribution in [0.1, 0.15) is 12.8 Å². The lowest BCUT2D eigenvalue weighted by atomic mass is 10.2. The van der Waals surface area contributed by atoms with Gasteiger partial charge in [0, 0.05) is 12.6 Å². The molecule has 98 valence electrons. The van der Waals surface area contributed by atoms with Gasteiger partial charge in [-0.1, -0.05) is 0 Å². The molecule has 1 aliphatic carbocycles. The molecule has 0 atom stereocenters. The van der Waals surface area contributed by atoms with Gasteiger partial charge in [-0.15, -0.1) is 0 Å². The Morgan fingerprint density at radius 1 is 1.33 bits per heavy atom. The number of hydrogen-bond acceptors (Lipinski definition) is 3.